The molecule has 7 heteroatoms. The number of nitrogens with two attached hydrogens (primary N) is 1. The van der Waals surface area contributed by atoms with E-state index in [9.17, 15) is 13.2 Å². The van der Waals surface area contributed by atoms with Gasteiger partial charge in [0.25, 0.3) is 5.91 Å². The van der Waals surface area contributed by atoms with E-state index in [0.717, 1.165) is 11.3 Å². The van der Waals surface area contributed by atoms with Crippen LogP contribution in [-0.4, -0.2) is 14.3 Å². The van der Waals surface area contributed by atoms with Crippen LogP contribution in [-0.2, 0) is 10.0 Å². The largest absolute Gasteiger partial charge is 0.355 e. The Morgan fingerprint density at radius 2 is 1.56 bits per heavy atom. The van der Waals surface area contributed by atoms with Crippen LogP contribution in [0.15, 0.2) is 77.7 Å². The summed E-state index contributed by atoms with van der Waals surface area (Å²) in [6.45, 7) is 6.07. The summed E-state index contributed by atoms with van der Waals surface area (Å²) in [5.74, 6) is 5.84. The number of para-hydroxylation sites is 2. The van der Waals surface area contributed by atoms with Crippen LogP contribution in [0.3, 0.4) is 0 Å². The van der Waals surface area contributed by atoms with Gasteiger partial charge in [-0.25, -0.2) is 13.6 Å². The third kappa shape index (κ3) is 6.20. The van der Waals surface area contributed by atoms with Gasteiger partial charge in [-0.1, -0.05) is 42.2 Å². The van der Waals surface area contributed by atoms with Crippen LogP contribution in [0, 0.1) is 17.3 Å². The average Bonchev–Trinajstić information content (AvgIpc) is 2.72. The molecule has 0 aromatic heterocycles. The summed E-state index contributed by atoms with van der Waals surface area (Å²) >= 11 is 0. The second-order valence-electron chi connectivity index (χ2n) is 8.25. The zero-order chi connectivity index (χ0) is 23.4. The molecule has 3 rings (SSSR count). The summed E-state index contributed by atoms with van der Waals surface area (Å²) in [6.07, 6.45) is 0. The number of carbonyl (C=O) groups excluding carboxylic acids is 1. The van der Waals surface area contributed by atoms with E-state index in [1.54, 1.807) is 30.3 Å². The van der Waals surface area contributed by atoms with Gasteiger partial charge >= 0.3 is 0 Å². The molecule has 0 bridgehead atoms. The van der Waals surface area contributed by atoms with E-state index in [0.29, 0.717) is 11.3 Å². The van der Waals surface area contributed by atoms with Crippen LogP contribution in [0.2, 0.25) is 0 Å². The molecule has 3 aromatic rings. The quantitative estimate of drug-likeness (QED) is 0.492. The highest BCUT2D eigenvalue weighted by atomic mass is 32.2. The van der Waals surface area contributed by atoms with Crippen LogP contribution in [0.1, 0.15) is 36.7 Å². The van der Waals surface area contributed by atoms with Crippen LogP contribution in [0.4, 0.5) is 17.1 Å². The lowest BCUT2D eigenvalue weighted by Gasteiger charge is -2.14. The maximum absolute atomic E-state index is 13.1. The Bertz CT molecular complexity index is 1300. The van der Waals surface area contributed by atoms with E-state index in [1.165, 1.54) is 12.1 Å². The molecule has 6 nitrogen and oxygen atoms in total. The number of benzene rings is 3. The Kier molecular flexibility index (Phi) is 6.68. The Morgan fingerprint density at radius 3 is 2.22 bits per heavy atom. The Morgan fingerprint density at radius 1 is 0.906 bits per heavy atom. The summed E-state index contributed by atoms with van der Waals surface area (Å²) in [5, 5.41) is 11.2. The summed E-state index contributed by atoms with van der Waals surface area (Å²) in [6, 6.07) is 20.6. The van der Waals surface area contributed by atoms with Gasteiger partial charge < -0.3 is 10.6 Å². The molecular formula is C25H25N3O3S. The lowest BCUT2D eigenvalue weighted by Crippen LogP contribution is -2.19. The van der Waals surface area contributed by atoms with Crippen molar-refractivity contribution in [3.63, 3.8) is 0 Å². The smallest absolute Gasteiger partial charge is 0.257 e. The van der Waals surface area contributed by atoms with Gasteiger partial charge in [-0.05, 0) is 63.2 Å². The normalized spacial score (nSPS) is 11.2. The van der Waals surface area contributed by atoms with Crippen LogP contribution in [0.5, 0.6) is 0 Å². The van der Waals surface area contributed by atoms with Crippen LogP contribution in [0.25, 0.3) is 0 Å². The van der Waals surface area contributed by atoms with Crippen molar-refractivity contribution in [3.8, 4) is 11.8 Å². The molecule has 3 aromatic carbocycles. The second kappa shape index (κ2) is 9.27. The number of hydrogen-bond acceptors (Lipinski definition) is 4. The third-order valence-corrected chi connectivity index (χ3v) is 5.31. The SMILES string of the molecule is CC(C)(C)C#Cc1ccc(C(=O)Nc2ccccc2S(N)(=O)=O)c(Nc2ccccc2)c1. The molecule has 1 amide bonds. The number of hydrogen-bond donors (Lipinski definition) is 3. The Labute approximate surface area is 188 Å². The molecule has 0 aliphatic heterocycles. The second-order valence-corrected chi connectivity index (χ2v) is 9.78. The standard InChI is InChI=1S/C25H25N3O3S/c1-25(2,3)16-15-18-13-14-20(22(17-18)27-19-9-5-4-6-10-19)24(29)28-21-11-7-8-12-23(21)32(26,30)31/h4-14,17,27H,1-3H3,(H,28,29)(H2,26,30,31). The maximum Gasteiger partial charge on any atom is 0.257 e. The molecule has 0 unspecified atom stereocenters. The van der Waals surface area contributed by atoms with Crippen LogP contribution < -0.4 is 15.8 Å². The number of nitrogens with one attached hydrogen (secondary N) is 2. The van der Waals surface area contributed by atoms with E-state index in [4.69, 9.17) is 5.14 Å². The van der Waals surface area contributed by atoms with E-state index >= 15 is 0 Å². The van der Waals surface area contributed by atoms with Gasteiger partial charge in [-0.15, -0.1) is 0 Å². The molecule has 0 aliphatic carbocycles. The molecule has 0 aliphatic rings. The van der Waals surface area contributed by atoms with Crippen molar-refractivity contribution in [2.24, 2.45) is 10.6 Å². The summed E-state index contributed by atoms with van der Waals surface area (Å²) in [5.41, 5.74) is 2.37. The highest BCUT2D eigenvalue weighted by molar-refractivity contribution is 7.89. The minimum Gasteiger partial charge on any atom is -0.355 e. The van der Waals surface area contributed by atoms with Gasteiger partial charge in [0.1, 0.15) is 4.90 Å². The minimum atomic E-state index is -4.00. The lowest BCUT2D eigenvalue weighted by atomic mass is 9.97. The number of anilines is 3. The predicted molar refractivity (Wildman–Crippen MR) is 128 cm³/mol. The van der Waals surface area contributed by atoms with Gasteiger partial charge in [0.2, 0.25) is 10.0 Å². The van der Waals surface area contributed by atoms with E-state index in [1.807, 2.05) is 51.1 Å². The molecule has 0 saturated carbocycles. The fourth-order valence-corrected chi connectivity index (χ4v) is 3.56. The Balaban J connectivity index is 2.01. The summed E-state index contributed by atoms with van der Waals surface area (Å²) in [7, 11) is -4.00. The first-order chi connectivity index (χ1) is 15.0. The van der Waals surface area contributed by atoms with Gasteiger partial charge in [0.05, 0.1) is 16.9 Å². The number of sulfonamides is 1. The number of primary sulfonamides is 1. The molecule has 4 N–H and O–H groups in total. The first-order valence-electron chi connectivity index (χ1n) is 9.95. The fourth-order valence-electron chi connectivity index (χ4n) is 2.87. The van der Waals surface area contributed by atoms with Crippen LogP contribution >= 0.6 is 0 Å². The molecule has 0 heterocycles. The van der Waals surface area contributed by atoms with E-state index in [2.05, 4.69) is 22.5 Å². The monoisotopic (exact) mass is 447 g/mol. The van der Waals surface area contributed by atoms with E-state index < -0.39 is 15.9 Å². The molecule has 32 heavy (non-hydrogen) atoms. The topological polar surface area (TPSA) is 101 Å². The highest BCUT2D eigenvalue weighted by Gasteiger charge is 2.18. The van der Waals surface area contributed by atoms with Crippen molar-refractivity contribution < 1.29 is 13.2 Å². The molecular weight excluding hydrogens is 422 g/mol. The minimum absolute atomic E-state index is 0.113. The van der Waals surface area contributed by atoms with Gasteiger partial charge in [-0.3, -0.25) is 4.79 Å². The lowest BCUT2D eigenvalue weighted by molar-refractivity contribution is 0.102. The van der Waals surface area contributed by atoms with Gasteiger partial charge in [0.15, 0.2) is 0 Å². The molecule has 0 saturated heterocycles. The average molecular weight is 448 g/mol. The zero-order valence-corrected chi connectivity index (χ0v) is 19.0. The summed E-state index contributed by atoms with van der Waals surface area (Å²) < 4.78 is 23.8. The number of carbonyl (C=O) groups is 1. The molecule has 0 atom stereocenters. The van der Waals surface area contributed by atoms with Crippen molar-refractivity contribution in [2.45, 2.75) is 25.7 Å². The maximum atomic E-state index is 13.1. The third-order valence-electron chi connectivity index (χ3n) is 4.34. The van der Waals surface area contributed by atoms with Crippen molar-refractivity contribution in [1.29, 1.82) is 0 Å². The first-order valence-corrected chi connectivity index (χ1v) is 11.5. The van der Waals surface area contributed by atoms with Crippen molar-refractivity contribution in [2.75, 3.05) is 10.6 Å². The van der Waals surface area contributed by atoms with Crippen molar-refractivity contribution in [1.82, 2.24) is 0 Å². The molecule has 164 valence electrons. The van der Waals surface area contributed by atoms with Crippen molar-refractivity contribution in [3.05, 3.63) is 83.9 Å². The zero-order valence-electron chi connectivity index (χ0n) is 18.1. The van der Waals surface area contributed by atoms with Crippen molar-refractivity contribution >= 4 is 33.0 Å². The first kappa shape index (κ1) is 23.1. The van der Waals surface area contributed by atoms with Gasteiger partial charge in [-0.2, -0.15) is 0 Å². The number of amides is 1. The summed E-state index contributed by atoms with van der Waals surface area (Å²) in [4.78, 5) is 13.0. The highest BCUT2D eigenvalue weighted by Crippen LogP contribution is 2.26. The van der Waals surface area contributed by atoms with Gasteiger partial charge in [0, 0.05) is 16.7 Å². The molecule has 0 radical (unpaired) electrons. The number of rotatable bonds is 5. The fraction of sp³-hybridized carbons (Fsp3) is 0.160. The molecule has 0 fully saturated rings. The van der Waals surface area contributed by atoms with E-state index in [-0.39, 0.29) is 16.0 Å². The molecule has 0 spiro atoms. The Hall–Kier alpha value is -3.60. The predicted octanol–water partition coefficient (Wildman–Crippen LogP) is 4.73.